The number of hydrogen-bond acceptors (Lipinski definition) is 2. The number of carbonyl (C=O) groups excluding carboxylic acids is 1. The first-order valence-electron chi connectivity index (χ1n) is 3.49. The molecule has 0 heterocycles. The van der Waals surface area contributed by atoms with E-state index < -0.39 is 10.5 Å². The summed E-state index contributed by atoms with van der Waals surface area (Å²) in [7, 11) is 0. The van der Waals surface area contributed by atoms with Crippen LogP contribution in [0.15, 0.2) is 0 Å². The Kier molecular flexibility index (Phi) is 4.65. The number of esters is 1. The highest BCUT2D eigenvalue weighted by Crippen LogP contribution is 2.26. The van der Waals surface area contributed by atoms with Crippen LogP contribution in [0.25, 0.3) is 0 Å². The van der Waals surface area contributed by atoms with E-state index in [1.54, 1.807) is 0 Å². The van der Waals surface area contributed by atoms with Crippen LogP contribution < -0.4 is 0 Å². The van der Waals surface area contributed by atoms with Crippen LogP contribution in [-0.4, -0.2) is 17.2 Å². The number of carbonyl (C=O) groups is 1. The van der Waals surface area contributed by atoms with E-state index in [9.17, 15) is 9.18 Å². The Bertz CT molecular complexity index is 136. The van der Waals surface area contributed by atoms with Crippen molar-refractivity contribution in [1.82, 2.24) is 0 Å². The average molecular weight is 227 g/mol. The van der Waals surface area contributed by atoms with E-state index in [1.165, 1.54) is 6.92 Å². The van der Waals surface area contributed by atoms with Crippen molar-refractivity contribution < 1.29 is 13.9 Å². The molecule has 0 aromatic carbocycles. The molecule has 11 heavy (non-hydrogen) atoms. The fraction of sp³-hybridized carbons (Fsp3) is 0.857. The summed E-state index contributed by atoms with van der Waals surface area (Å²) in [5.74, 6) is -0.456. The Morgan fingerprint density at radius 3 is 2.64 bits per heavy atom. The van der Waals surface area contributed by atoms with Gasteiger partial charge in [-0.1, -0.05) is 13.3 Å². The third-order valence-electron chi connectivity index (χ3n) is 1.10. The molecule has 0 aliphatic heterocycles. The van der Waals surface area contributed by atoms with Gasteiger partial charge >= 0.3 is 5.97 Å². The second-order valence-corrected chi connectivity index (χ2v) is 3.81. The Hall–Kier alpha value is -0.120. The lowest BCUT2D eigenvalue weighted by atomic mass is 10.2. The fourth-order valence-corrected chi connectivity index (χ4v) is 1.16. The molecule has 0 amide bonds. The number of ether oxygens (including phenoxy) is 1. The largest absolute Gasteiger partial charge is 0.462 e. The van der Waals surface area contributed by atoms with Gasteiger partial charge in [-0.25, -0.2) is 4.39 Å². The van der Waals surface area contributed by atoms with Gasteiger partial charge < -0.3 is 4.74 Å². The van der Waals surface area contributed by atoms with Crippen LogP contribution in [-0.2, 0) is 9.53 Å². The van der Waals surface area contributed by atoms with Gasteiger partial charge in [0, 0.05) is 6.92 Å². The molecular weight excluding hydrogens is 215 g/mol. The third kappa shape index (κ3) is 6.28. The summed E-state index contributed by atoms with van der Waals surface area (Å²) in [5.41, 5.74) is 0. The molecule has 0 unspecified atom stereocenters. The minimum absolute atomic E-state index is 0.212. The predicted molar refractivity (Wildman–Crippen MR) is 44.3 cm³/mol. The molecule has 0 fully saturated rings. The SMILES string of the molecule is CCC[C@@](F)(Br)COC(C)=O. The Balaban J connectivity index is 3.63. The summed E-state index contributed by atoms with van der Waals surface area (Å²) in [6.45, 7) is 2.91. The zero-order valence-corrected chi connectivity index (χ0v) is 8.28. The van der Waals surface area contributed by atoms with E-state index in [4.69, 9.17) is 0 Å². The summed E-state index contributed by atoms with van der Waals surface area (Å²) in [6, 6.07) is 0. The van der Waals surface area contributed by atoms with Crippen molar-refractivity contribution in [2.75, 3.05) is 6.61 Å². The van der Waals surface area contributed by atoms with Gasteiger partial charge in [0.25, 0.3) is 0 Å². The molecule has 0 bridgehead atoms. The number of halogens is 2. The Labute approximate surface area is 74.2 Å². The van der Waals surface area contributed by atoms with Crippen LogP contribution in [0.2, 0.25) is 0 Å². The van der Waals surface area contributed by atoms with E-state index in [2.05, 4.69) is 20.7 Å². The van der Waals surface area contributed by atoms with Crippen molar-refractivity contribution in [2.45, 2.75) is 31.3 Å². The maximum atomic E-state index is 13.1. The van der Waals surface area contributed by atoms with Gasteiger partial charge in [0.05, 0.1) is 0 Å². The minimum atomic E-state index is -1.55. The first kappa shape index (κ1) is 10.9. The van der Waals surface area contributed by atoms with Crippen molar-refractivity contribution in [3.63, 3.8) is 0 Å². The monoisotopic (exact) mass is 226 g/mol. The first-order valence-corrected chi connectivity index (χ1v) is 4.28. The smallest absolute Gasteiger partial charge is 0.302 e. The van der Waals surface area contributed by atoms with Crippen molar-refractivity contribution in [2.24, 2.45) is 0 Å². The molecule has 0 aromatic rings. The van der Waals surface area contributed by atoms with E-state index in [-0.39, 0.29) is 6.61 Å². The van der Waals surface area contributed by atoms with Gasteiger partial charge in [0.15, 0.2) is 4.58 Å². The molecule has 2 nitrogen and oxygen atoms in total. The van der Waals surface area contributed by atoms with Crippen molar-refractivity contribution in [3.8, 4) is 0 Å². The molecule has 0 N–H and O–H groups in total. The van der Waals surface area contributed by atoms with E-state index in [1.807, 2.05) is 6.92 Å². The lowest BCUT2D eigenvalue weighted by Crippen LogP contribution is -2.22. The molecule has 0 rings (SSSR count). The molecule has 0 saturated heterocycles. The molecular formula is C7H12BrFO2. The first-order chi connectivity index (χ1) is 4.98. The molecule has 0 aromatic heterocycles. The number of hydrogen-bond donors (Lipinski definition) is 0. The van der Waals surface area contributed by atoms with Gasteiger partial charge in [0.2, 0.25) is 0 Å². The Morgan fingerprint density at radius 2 is 2.27 bits per heavy atom. The topological polar surface area (TPSA) is 26.3 Å². The van der Waals surface area contributed by atoms with Crippen LogP contribution in [0.5, 0.6) is 0 Å². The van der Waals surface area contributed by atoms with Crippen LogP contribution in [0.3, 0.4) is 0 Å². The summed E-state index contributed by atoms with van der Waals surface area (Å²) in [4.78, 5) is 10.3. The fourth-order valence-electron chi connectivity index (χ4n) is 0.645. The third-order valence-corrected chi connectivity index (χ3v) is 1.73. The maximum Gasteiger partial charge on any atom is 0.302 e. The summed E-state index contributed by atoms with van der Waals surface area (Å²) in [6.07, 6.45) is 1.06. The molecule has 0 saturated carbocycles. The van der Waals surface area contributed by atoms with Crippen LogP contribution in [0.4, 0.5) is 4.39 Å². The molecule has 4 heteroatoms. The second kappa shape index (κ2) is 4.70. The van der Waals surface area contributed by atoms with Gasteiger partial charge in [-0.05, 0) is 22.4 Å². The van der Waals surface area contributed by atoms with E-state index in [0.29, 0.717) is 12.8 Å². The zero-order chi connectivity index (χ0) is 8.91. The van der Waals surface area contributed by atoms with E-state index >= 15 is 0 Å². The summed E-state index contributed by atoms with van der Waals surface area (Å²) in [5, 5.41) is 0. The van der Waals surface area contributed by atoms with Crippen molar-refractivity contribution >= 4 is 21.9 Å². The minimum Gasteiger partial charge on any atom is -0.462 e. The lowest BCUT2D eigenvalue weighted by Gasteiger charge is -2.16. The molecule has 66 valence electrons. The van der Waals surface area contributed by atoms with Gasteiger partial charge in [-0.2, -0.15) is 0 Å². The maximum absolute atomic E-state index is 13.1. The quantitative estimate of drug-likeness (QED) is 0.544. The molecule has 0 aliphatic carbocycles. The van der Waals surface area contributed by atoms with Crippen LogP contribution >= 0.6 is 15.9 Å². The highest BCUT2D eigenvalue weighted by molar-refractivity contribution is 9.10. The second-order valence-electron chi connectivity index (χ2n) is 2.39. The normalized spacial score (nSPS) is 15.6. The standard InChI is InChI=1S/C7H12BrFO2/c1-3-4-7(8,9)5-11-6(2)10/h3-5H2,1-2H3/t7-/m0/s1. The molecule has 0 spiro atoms. The number of alkyl halides is 2. The number of rotatable bonds is 4. The Morgan fingerprint density at radius 1 is 1.73 bits per heavy atom. The molecule has 0 radical (unpaired) electrons. The predicted octanol–water partition coefficient (Wildman–Crippen LogP) is 2.41. The highest BCUT2D eigenvalue weighted by Gasteiger charge is 2.25. The highest BCUT2D eigenvalue weighted by atomic mass is 79.9. The zero-order valence-electron chi connectivity index (χ0n) is 6.69. The van der Waals surface area contributed by atoms with E-state index in [0.717, 1.165) is 0 Å². The summed E-state index contributed by atoms with van der Waals surface area (Å²) >= 11 is 2.83. The van der Waals surface area contributed by atoms with Gasteiger partial charge in [-0.3, -0.25) is 4.79 Å². The van der Waals surface area contributed by atoms with Gasteiger partial charge in [-0.15, -0.1) is 0 Å². The van der Waals surface area contributed by atoms with Crippen LogP contribution in [0.1, 0.15) is 26.7 Å². The van der Waals surface area contributed by atoms with Crippen LogP contribution in [0, 0.1) is 0 Å². The van der Waals surface area contributed by atoms with Crippen molar-refractivity contribution in [3.05, 3.63) is 0 Å². The summed E-state index contributed by atoms with van der Waals surface area (Å²) < 4.78 is 16.0. The molecule has 1 atom stereocenters. The average Bonchev–Trinajstić information content (AvgIpc) is 1.84. The lowest BCUT2D eigenvalue weighted by molar-refractivity contribution is -0.143. The van der Waals surface area contributed by atoms with Gasteiger partial charge in [0.1, 0.15) is 6.61 Å². The molecule has 0 aliphatic rings. The van der Waals surface area contributed by atoms with Crippen molar-refractivity contribution in [1.29, 1.82) is 0 Å².